The molecule has 2 nitrogen and oxygen atoms in total. The predicted molar refractivity (Wildman–Crippen MR) is 220 cm³/mol. The number of hydrogen-bond donors (Lipinski definition) is 0. The summed E-state index contributed by atoms with van der Waals surface area (Å²) in [7, 11) is 0. The van der Waals surface area contributed by atoms with Gasteiger partial charge < -0.3 is 20.4 Å². The minimum absolute atomic E-state index is 0. The van der Waals surface area contributed by atoms with Gasteiger partial charge in [-0.2, -0.15) is 0 Å². The molecule has 0 fully saturated rings. The Kier molecular flexibility index (Phi) is 24.9. The fraction of sp³-hybridized carbons (Fsp3) is 0.617. The molecular formula is C47H76N2Ni. The van der Waals surface area contributed by atoms with E-state index in [1.165, 1.54) is 102 Å². The van der Waals surface area contributed by atoms with Crippen LogP contribution in [-0.2, 0) is 55.0 Å². The standard InChI is InChI=1S/C45H70N2.2CH3.Ni/c1-9-17-21-29-43-42(28-20-12-4)44(38-30-34(22-13-5)40(26-18-10-2)35(31-38)23-14-6)47(46)45(43)39-32-36(24-15-7)41(27-19-11-3)37(33-39)25-16-8;;;/h30-33H,9-29H2,1-8H3;2*1H3;/q;2*-1;+2. The Labute approximate surface area is 321 Å². The van der Waals surface area contributed by atoms with Crippen molar-refractivity contribution in [3.05, 3.63) is 100 Å². The molecule has 0 saturated carbocycles. The van der Waals surface area contributed by atoms with Crippen molar-refractivity contribution in [2.24, 2.45) is 0 Å². The van der Waals surface area contributed by atoms with Crippen molar-refractivity contribution in [3.8, 4) is 0 Å². The Morgan fingerprint density at radius 1 is 0.400 bits per heavy atom. The first-order valence-electron chi connectivity index (χ1n) is 20.2. The van der Waals surface area contributed by atoms with Crippen LogP contribution in [0.15, 0.2) is 35.4 Å². The number of benzene rings is 2. The van der Waals surface area contributed by atoms with Gasteiger partial charge in [0.25, 0.3) is 0 Å². The van der Waals surface area contributed by atoms with Gasteiger partial charge in [0, 0.05) is 22.3 Å². The smallest absolute Gasteiger partial charge is 0.493 e. The van der Waals surface area contributed by atoms with E-state index in [0.29, 0.717) is 0 Å². The first-order chi connectivity index (χ1) is 22.9. The molecule has 0 aromatic heterocycles. The van der Waals surface area contributed by atoms with E-state index in [4.69, 9.17) is 0 Å². The van der Waals surface area contributed by atoms with Gasteiger partial charge in [0.05, 0.1) is 0 Å². The normalized spacial score (nSPS) is 12.7. The van der Waals surface area contributed by atoms with Crippen molar-refractivity contribution in [1.29, 1.82) is 0 Å². The van der Waals surface area contributed by atoms with Crippen molar-refractivity contribution < 1.29 is 21.2 Å². The molecule has 1 aliphatic rings. The number of nitrogens with zero attached hydrogens (tertiary/aromatic N) is 2. The maximum Gasteiger partial charge on any atom is 2.00 e. The number of rotatable bonds is 23. The van der Waals surface area contributed by atoms with E-state index in [2.05, 4.69) is 79.7 Å². The van der Waals surface area contributed by atoms with Crippen LogP contribution in [0.2, 0.25) is 0 Å². The van der Waals surface area contributed by atoms with E-state index < -0.39 is 0 Å². The van der Waals surface area contributed by atoms with E-state index in [9.17, 15) is 5.53 Å². The fourth-order valence-corrected chi connectivity index (χ4v) is 7.88. The Bertz CT molecular complexity index is 1310. The molecule has 0 spiro atoms. The average Bonchev–Trinajstić information content (AvgIpc) is 3.33. The van der Waals surface area contributed by atoms with Crippen molar-refractivity contribution in [2.45, 2.75) is 190 Å². The number of hydrogen-bond acceptors (Lipinski definition) is 0. The minimum atomic E-state index is 0. The Hall–Kier alpha value is -1.99. The molecule has 0 aliphatic carbocycles. The van der Waals surface area contributed by atoms with E-state index >= 15 is 0 Å². The zero-order chi connectivity index (χ0) is 34.2. The summed E-state index contributed by atoms with van der Waals surface area (Å²) < 4.78 is 1.67. The molecule has 0 N–H and O–H groups in total. The van der Waals surface area contributed by atoms with Gasteiger partial charge in [0.15, 0.2) is 0 Å². The number of unbranched alkanes of at least 4 members (excludes halogenated alkanes) is 5. The maximum absolute atomic E-state index is 12.6. The number of allylic oxidation sites excluding steroid dienone is 2. The van der Waals surface area contributed by atoms with Crippen molar-refractivity contribution in [1.82, 2.24) is 0 Å². The summed E-state index contributed by atoms with van der Waals surface area (Å²) in [4.78, 5) is 0. The molecule has 0 bridgehead atoms. The van der Waals surface area contributed by atoms with E-state index in [-0.39, 0.29) is 31.3 Å². The third-order valence-electron chi connectivity index (χ3n) is 10.2. The van der Waals surface area contributed by atoms with Crippen LogP contribution in [0.1, 0.15) is 196 Å². The Balaban J connectivity index is 0.00000800. The zero-order valence-electron chi connectivity index (χ0n) is 34.4. The third-order valence-corrected chi connectivity index (χ3v) is 10.2. The molecule has 0 radical (unpaired) electrons. The molecular weight excluding hydrogens is 651 g/mol. The van der Waals surface area contributed by atoms with Crippen molar-refractivity contribution in [2.75, 3.05) is 0 Å². The van der Waals surface area contributed by atoms with Crippen LogP contribution in [0.4, 0.5) is 0 Å². The Morgan fingerprint density at radius 2 is 0.700 bits per heavy atom. The largest absolute Gasteiger partial charge is 2.00 e. The van der Waals surface area contributed by atoms with E-state index in [1.54, 1.807) is 15.8 Å². The molecule has 0 amide bonds. The topological polar surface area (TPSA) is 25.3 Å². The summed E-state index contributed by atoms with van der Waals surface area (Å²) in [6.45, 7) is 18.5. The minimum Gasteiger partial charge on any atom is -0.493 e. The second-order valence-corrected chi connectivity index (χ2v) is 14.3. The van der Waals surface area contributed by atoms with Gasteiger partial charge in [-0.15, -0.1) is 0 Å². The van der Waals surface area contributed by atoms with Crippen LogP contribution >= 0.6 is 0 Å². The first kappa shape index (κ1) is 48.0. The van der Waals surface area contributed by atoms with E-state index in [1.807, 2.05) is 0 Å². The van der Waals surface area contributed by atoms with Crippen LogP contribution in [0, 0.1) is 14.9 Å². The summed E-state index contributed by atoms with van der Waals surface area (Å²) in [5, 5.41) is 0. The average molecular weight is 728 g/mol. The molecule has 284 valence electrons. The van der Waals surface area contributed by atoms with Crippen LogP contribution < -0.4 is 0 Å². The summed E-state index contributed by atoms with van der Waals surface area (Å²) >= 11 is 0. The molecule has 3 rings (SSSR count). The molecule has 1 aliphatic heterocycles. The van der Waals surface area contributed by atoms with E-state index in [0.717, 1.165) is 88.4 Å². The van der Waals surface area contributed by atoms with Crippen LogP contribution in [-0.4, -0.2) is 4.70 Å². The zero-order valence-corrected chi connectivity index (χ0v) is 35.4. The summed E-state index contributed by atoms with van der Waals surface area (Å²) in [5.74, 6) is 0. The van der Waals surface area contributed by atoms with Gasteiger partial charge in [-0.1, -0.05) is 113 Å². The SMILES string of the molecule is CCCCCC1=C(c2cc(CCC)c(CCCC)c(CCC)c2)[N+](=[N-])C(c2cc(CCC)c(CCCC)c(CCC)c2)=C1CCCC.[CH3-].[CH3-].[Ni+2]. The van der Waals surface area contributed by atoms with Gasteiger partial charge in [-0.25, -0.2) is 4.70 Å². The third kappa shape index (κ3) is 12.3. The van der Waals surface area contributed by atoms with Gasteiger partial charge in [-0.3, -0.25) is 0 Å². The van der Waals surface area contributed by atoms with Gasteiger partial charge in [0.2, 0.25) is 11.4 Å². The molecule has 2 aromatic rings. The molecule has 0 atom stereocenters. The van der Waals surface area contributed by atoms with Gasteiger partial charge in [-0.05, 0) is 135 Å². The monoisotopic (exact) mass is 727 g/mol. The fourth-order valence-electron chi connectivity index (χ4n) is 7.88. The van der Waals surface area contributed by atoms with Crippen LogP contribution in [0.3, 0.4) is 0 Å². The molecule has 0 saturated heterocycles. The second-order valence-electron chi connectivity index (χ2n) is 14.3. The Morgan fingerprint density at radius 3 is 1.00 bits per heavy atom. The molecule has 2 aromatic carbocycles. The summed E-state index contributed by atoms with van der Waals surface area (Å²) in [5.41, 5.74) is 29.2. The first-order valence-corrected chi connectivity index (χ1v) is 20.2. The molecule has 50 heavy (non-hydrogen) atoms. The van der Waals surface area contributed by atoms with Crippen LogP contribution in [0.25, 0.3) is 16.9 Å². The predicted octanol–water partition coefficient (Wildman–Crippen LogP) is 15.0. The maximum atomic E-state index is 12.6. The summed E-state index contributed by atoms with van der Waals surface area (Å²) in [6.07, 6.45) is 24.3. The van der Waals surface area contributed by atoms with Crippen LogP contribution in [0.5, 0.6) is 0 Å². The quantitative estimate of drug-likeness (QED) is 0.0471. The van der Waals surface area contributed by atoms with Crippen molar-refractivity contribution in [3.63, 3.8) is 0 Å². The molecule has 3 heteroatoms. The second kappa shape index (κ2) is 25.9. The summed E-state index contributed by atoms with van der Waals surface area (Å²) in [6, 6.07) is 9.91. The molecule has 0 unspecified atom stereocenters. The van der Waals surface area contributed by atoms with Gasteiger partial charge in [0.1, 0.15) is 0 Å². The molecule has 1 heterocycles. The van der Waals surface area contributed by atoms with Gasteiger partial charge >= 0.3 is 16.5 Å². The number of aryl methyl sites for hydroxylation is 4. The van der Waals surface area contributed by atoms with Crippen molar-refractivity contribution >= 4 is 11.4 Å².